The fourth-order valence-corrected chi connectivity index (χ4v) is 5.34. The maximum absolute atomic E-state index is 13.2. The Morgan fingerprint density at radius 1 is 1.10 bits per heavy atom. The minimum Gasteiger partial charge on any atom is -0.493 e. The van der Waals surface area contributed by atoms with Gasteiger partial charge in [0, 0.05) is 37.7 Å². The van der Waals surface area contributed by atoms with Gasteiger partial charge in [-0.1, -0.05) is 50.1 Å². The highest BCUT2D eigenvalue weighted by molar-refractivity contribution is 6.30. The molecule has 0 heterocycles. The Morgan fingerprint density at radius 2 is 1.82 bits per heavy atom. The fraction of sp³-hybridized carbons (Fsp3) is 0.581. The van der Waals surface area contributed by atoms with Crippen molar-refractivity contribution in [1.82, 2.24) is 5.32 Å². The van der Waals surface area contributed by atoms with Crippen molar-refractivity contribution in [3.8, 4) is 11.5 Å². The van der Waals surface area contributed by atoms with Gasteiger partial charge in [-0.15, -0.1) is 0 Å². The van der Waals surface area contributed by atoms with Crippen LogP contribution in [0.4, 0.5) is 0 Å². The van der Waals surface area contributed by atoms with Crippen LogP contribution in [0.5, 0.6) is 11.5 Å². The Balaban J connectivity index is 1.57. The minimum atomic E-state index is -0.840. The molecule has 4 N–H and O–H groups in total. The molecule has 1 aliphatic carbocycles. The summed E-state index contributed by atoms with van der Waals surface area (Å²) in [6.45, 7) is 5.65. The Bertz CT molecular complexity index is 1040. The van der Waals surface area contributed by atoms with Crippen LogP contribution in [-0.4, -0.2) is 57.1 Å². The third-order valence-corrected chi connectivity index (χ3v) is 8.25. The van der Waals surface area contributed by atoms with Crippen molar-refractivity contribution in [3.05, 3.63) is 58.6 Å². The number of nitrogens with two attached hydrogens (primary N) is 1. The standard InChI is InChI=1S/C31H45ClN2O5/c1-21(2)23(17-22-7-12-28(38-4)29(18-22)39-16-6-15-37-3)19-26(33)27(35)20-34-30(36)31(13-5-14-31)24-8-10-25(32)11-9-24/h7-12,18,21,23,26-27,35H,5-6,13-17,19-20,33H2,1-4H3,(H,34,36)/t23-,26-,27-/m0/s1. The lowest BCUT2D eigenvalue weighted by atomic mass is 9.64. The number of ether oxygens (including phenoxy) is 3. The van der Waals surface area contributed by atoms with Gasteiger partial charge in [0.15, 0.2) is 11.5 Å². The number of nitrogens with one attached hydrogen (secondary N) is 1. The number of amides is 1. The Hall–Kier alpha value is -2.32. The molecule has 0 unspecified atom stereocenters. The molecule has 3 atom stereocenters. The molecule has 216 valence electrons. The molecule has 0 aliphatic heterocycles. The molecular weight excluding hydrogens is 516 g/mol. The zero-order valence-corrected chi connectivity index (χ0v) is 24.5. The molecule has 39 heavy (non-hydrogen) atoms. The smallest absolute Gasteiger partial charge is 0.230 e. The van der Waals surface area contributed by atoms with Gasteiger partial charge >= 0.3 is 0 Å². The third kappa shape index (κ3) is 8.34. The lowest BCUT2D eigenvalue weighted by Crippen LogP contribution is -2.52. The average Bonchev–Trinajstić information content (AvgIpc) is 2.89. The number of benzene rings is 2. The minimum absolute atomic E-state index is 0.0565. The summed E-state index contributed by atoms with van der Waals surface area (Å²) in [7, 11) is 3.31. The summed E-state index contributed by atoms with van der Waals surface area (Å²) in [6, 6.07) is 13.0. The highest BCUT2D eigenvalue weighted by atomic mass is 35.5. The number of carbonyl (C=O) groups excluding carboxylic acids is 1. The van der Waals surface area contributed by atoms with E-state index in [1.807, 2.05) is 42.5 Å². The molecule has 0 bridgehead atoms. The second-order valence-electron chi connectivity index (χ2n) is 11.0. The van der Waals surface area contributed by atoms with Gasteiger partial charge in [-0.05, 0) is 72.9 Å². The number of halogens is 1. The van der Waals surface area contributed by atoms with Crippen LogP contribution < -0.4 is 20.5 Å². The van der Waals surface area contributed by atoms with E-state index in [9.17, 15) is 9.90 Å². The molecule has 2 aromatic rings. The van der Waals surface area contributed by atoms with E-state index in [2.05, 4.69) is 19.2 Å². The first-order chi connectivity index (χ1) is 18.7. The summed E-state index contributed by atoms with van der Waals surface area (Å²) >= 11 is 6.04. The van der Waals surface area contributed by atoms with Crippen LogP contribution in [0.1, 0.15) is 57.1 Å². The maximum Gasteiger partial charge on any atom is 0.230 e. The zero-order valence-electron chi connectivity index (χ0n) is 23.8. The predicted octanol–water partition coefficient (Wildman–Crippen LogP) is 4.90. The van der Waals surface area contributed by atoms with E-state index >= 15 is 0 Å². The van der Waals surface area contributed by atoms with Crippen LogP contribution in [0.15, 0.2) is 42.5 Å². The Labute approximate surface area is 238 Å². The van der Waals surface area contributed by atoms with Gasteiger partial charge in [0.1, 0.15) is 0 Å². The second-order valence-corrected chi connectivity index (χ2v) is 11.4. The first-order valence-corrected chi connectivity index (χ1v) is 14.3. The van der Waals surface area contributed by atoms with Gasteiger partial charge < -0.3 is 30.4 Å². The summed E-state index contributed by atoms with van der Waals surface area (Å²) < 4.78 is 16.5. The molecule has 1 fully saturated rings. The maximum atomic E-state index is 13.2. The van der Waals surface area contributed by atoms with Crippen molar-refractivity contribution >= 4 is 17.5 Å². The first kappa shape index (κ1) is 31.2. The van der Waals surface area contributed by atoms with Crippen LogP contribution in [-0.2, 0) is 21.4 Å². The summed E-state index contributed by atoms with van der Waals surface area (Å²) in [5.74, 6) is 1.95. The van der Waals surface area contributed by atoms with Gasteiger partial charge in [0.25, 0.3) is 0 Å². The monoisotopic (exact) mass is 560 g/mol. The van der Waals surface area contributed by atoms with E-state index in [0.29, 0.717) is 42.1 Å². The molecular formula is C31H45ClN2O5. The zero-order chi connectivity index (χ0) is 28.4. The molecule has 8 heteroatoms. The molecule has 2 aromatic carbocycles. The van der Waals surface area contributed by atoms with Crippen molar-refractivity contribution in [2.45, 2.75) is 69.9 Å². The van der Waals surface area contributed by atoms with Crippen LogP contribution >= 0.6 is 11.6 Å². The van der Waals surface area contributed by atoms with Crippen molar-refractivity contribution in [2.75, 3.05) is 34.0 Å². The third-order valence-electron chi connectivity index (χ3n) is 8.00. The summed E-state index contributed by atoms with van der Waals surface area (Å²) in [5.41, 5.74) is 8.02. The van der Waals surface area contributed by atoms with Crippen molar-refractivity contribution < 1.29 is 24.1 Å². The van der Waals surface area contributed by atoms with E-state index in [0.717, 1.165) is 43.2 Å². The van der Waals surface area contributed by atoms with Gasteiger partial charge in [-0.2, -0.15) is 0 Å². The number of aliphatic hydroxyl groups excluding tert-OH is 1. The largest absolute Gasteiger partial charge is 0.493 e. The normalized spacial score (nSPS) is 16.7. The Morgan fingerprint density at radius 3 is 2.41 bits per heavy atom. The van der Waals surface area contributed by atoms with E-state index in [1.165, 1.54) is 0 Å². The van der Waals surface area contributed by atoms with Crippen LogP contribution in [0.2, 0.25) is 5.02 Å². The molecule has 1 amide bonds. The van der Waals surface area contributed by atoms with Crippen LogP contribution in [0.3, 0.4) is 0 Å². The second kappa shape index (κ2) is 14.9. The summed E-state index contributed by atoms with van der Waals surface area (Å²) in [4.78, 5) is 13.2. The molecule has 0 aromatic heterocycles. The number of methoxy groups -OCH3 is 2. The van der Waals surface area contributed by atoms with Gasteiger partial charge in [0.05, 0.1) is 25.2 Å². The van der Waals surface area contributed by atoms with Crippen molar-refractivity contribution in [3.63, 3.8) is 0 Å². The molecule has 1 aliphatic rings. The lowest BCUT2D eigenvalue weighted by molar-refractivity contribution is -0.130. The number of rotatable bonds is 16. The topological polar surface area (TPSA) is 103 Å². The van der Waals surface area contributed by atoms with Crippen molar-refractivity contribution in [1.29, 1.82) is 0 Å². The first-order valence-electron chi connectivity index (χ1n) is 14.0. The molecule has 7 nitrogen and oxygen atoms in total. The van der Waals surface area contributed by atoms with E-state index < -0.39 is 17.6 Å². The number of aliphatic hydroxyl groups is 1. The summed E-state index contributed by atoms with van der Waals surface area (Å²) in [5, 5.41) is 14.5. The molecule has 0 radical (unpaired) electrons. The number of hydrogen-bond acceptors (Lipinski definition) is 6. The van der Waals surface area contributed by atoms with Gasteiger partial charge in [-0.3, -0.25) is 4.79 Å². The molecule has 0 saturated heterocycles. The SMILES string of the molecule is COCCCOc1cc(C[C@@H](C[C@H](N)[C@@H](O)CNC(=O)C2(c3ccc(Cl)cc3)CCC2)C(C)C)ccc1OC. The highest BCUT2D eigenvalue weighted by Crippen LogP contribution is 2.44. The van der Waals surface area contributed by atoms with E-state index in [-0.39, 0.29) is 18.4 Å². The highest BCUT2D eigenvalue weighted by Gasteiger charge is 2.45. The molecule has 1 saturated carbocycles. The van der Waals surface area contributed by atoms with Crippen LogP contribution in [0.25, 0.3) is 0 Å². The Kier molecular flexibility index (Phi) is 11.9. The average molecular weight is 561 g/mol. The molecule has 3 rings (SSSR count). The van der Waals surface area contributed by atoms with Crippen molar-refractivity contribution in [2.24, 2.45) is 17.6 Å². The van der Waals surface area contributed by atoms with Gasteiger partial charge in [-0.25, -0.2) is 0 Å². The van der Waals surface area contributed by atoms with E-state index in [1.54, 1.807) is 14.2 Å². The predicted molar refractivity (Wildman–Crippen MR) is 156 cm³/mol. The fourth-order valence-electron chi connectivity index (χ4n) is 5.21. The number of hydrogen-bond donors (Lipinski definition) is 3. The molecule has 0 spiro atoms. The van der Waals surface area contributed by atoms with E-state index in [4.69, 9.17) is 31.5 Å². The van der Waals surface area contributed by atoms with Gasteiger partial charge in [0.2, 0.25) is 5.91 Å². The van der Waals surface area contributed by atoms with Crippen LogP contribution in [0, 0.1) is 11.8 Å². The summed E-state index contributed by atoms with van der Waals surface area (Å²) in [6.07, 6.45) is 3.96. The quantitative estimate of drug-likeness (QED) is 0.252. The number of carbonyl (C=O) groups is 1. The lowest BCUT2D eigenvalue weighted by Gasteiger charge is -2.41.